The molecule has 6 nitrogen and oxygen atoms in total. The van der Waals surface area contributed by atoms with Crippen LogP contribution in [0.3, 0.4) is 0 Å². The Hall–Kier alpha value is -2.86. The summed E-state index contributed by atoms with van der Waals surface area (Å²) in [7, 11) is 0. The maximum Gasteiger partial charge on any atom is 0.309 e. The van der Waals surface area contributed by atoms with Gasteiger partial charge >= 0.3 is 5.97 Å². The number of rotatable bonds is 8. The number of esters is 1. The van der Waals surface area contributed by atoms with Crippen molar-refractivity contribution in [2.24, 2.45) is 0 Å². The molecule has 2 N–H and O–H groups in total. The van der Waals surface area contributed by atoms with E-state index in [9.17, 15) is 14.4 Å². The predicted molar refractivity (Wildman–Crippen MR) is 109 cm³/mol. The SMILES string of the molecule is C[C@@H](OC(=O)C[C@H](NC(=O)c1ccccc1Cl)c1ccccc1)C(=O)NC1CC1. The lowest BCUT2D eigenvalue weighted by atomic mass is 10.0. The summed E-state index contributed by atoms with van der Waals surface area (Å²) in [6, 6.07) is 15.4. The molecule has 0 aliphatic heterocycles. The standard InChI is InChI=1S/C22H23ClN2O4/c1-14(21(27)24-16-11-12-16)29-20(26)13-19(15-7-3-2-4-8-15)25-22(28)17-9-5-6-10-18(17)23/h2-10,14,16,19H,11-13H2,1H3,(H,24,27)(H,25,28)/t14-,19+/m1/s1. The lowest BCUT2D eigenvalue weighted by molar-refractivity contribution is -0.155. The molecule has 2 amide bonds. The van der Waals surface area contributed by atoms with Crippen LogP contribution < -0.4 is 10.6 Å². The second kappa shape index (κ2) is 9.56. The molecule has 0 radical (unpaired) electrons. The number of hydrogen-bond donors (Lipinski definition) is 2. The molecule has 1 saturated carbocycles. The minimum absolute atomic E-state index is 0.110. The molecule has 1 fully saturated rings. The average molecular weight is 415 g/mol. The van der Waals surface area contributed by atoms with Gasteiger partial charge in [-0.1, -0.05) is 54.1 Å². The molecule has 0 heterocycles. The molecule has 0 saturated heterocycles. The van der Waals surface area contributed by atoms with E-state index >= 15 is 0 Å². The van der Waals surface area contributed by atoms with Crippen molar-refractivity contribution in [2.75, 3.05) is 0 Å². The second-order valence-electron chi connectivity index (χ2n) is 7.04. The van der Waals surface area contributed by atoms with Crippen molar-refractivity contribution in [1.29, 1.82) is 0 Å². The fourth-order valence-corrected chi connectivity index (χ4v) is 3.05. The van der Waals surface area contributed by atoms with Gasteiger partial charge in [-0.05, 0) is 37.5 Å². The van der Waals surface area contributed by atoms with Crippen LogP contribution in [0.2, 0.25) is 5.02 Å². The molecule has 3 rings (SSSR count). The highest BCUT2D eigenvalue weighted by atomic mass is 35.5. The molecule has 0 unspecified atom stereocenters. The quantitative estimate of drug-likeness (QED) is 0.648. The molecule has 2 aromatic rings. The van der Waals surface area contributed by atoms with E-state index in [1.54, 1.807) is 24.3 Å². The Labute approximate surface area is 174 Å². The van der Waals surface area contributed by atoms with Crippen LogP contribution in [0.5, 0.6) is 0 Å². The Morgan fingerprint density at radius 3 is 2.38 bits per heavy atom. The van der Waals surface area contributed by atoms with E-state index in [0.717, 1.165) is 18.4 Å². The number of carbonyl (C=O) groups excluding carboxylic acids is 3. The highest BCUT2D eigenvalue weighted by Crippen LogP contribution is 2.22. The fourth-order valence-electron chi connectivity index (χ4n) is 2.83. The summed E-state index contributed by atoms with van der Waals surface area (Å²) in [6.07, 6.45) is 0.910. The molecule has 0 spiro atoms. The molecule has 0 aromatic heterocycles. The van der Waals surface area contributed by atoms with Crippen LogP contribution >= 0.6 is 11.6 Å². The summed E-state index contributed by atoms with van der Waals surface area (Å²) in [5, 5.41) is 5.97. The largest absolute Gasteiger partial charge is 0.452 e. The van der Waals surface area contributed by atoms with Crippen LogP contribution in [0.15, 0.2) is 54.6 Å². The van der Waals surface area contributed by atoms with E-state index in [1.807, 2.05) is 30.3 Å². The van der Waals surface area contributed by atoms with Crippen molar-refractivity contribution in [3.63, 3.8) is 0 Å². The number of hydrogen-bond acceptors (Lipinski definition) is 4. The third kappa shape index (κ3) is 6.06. The van der Waals surface area contributed by atoms with Crippen LogP contribution in [-0.4, -0.2) is 29.9 Å². The lowest BCUT2D eigenvalue weighted by Gasteiger charge is -2.20. The topological polar surface area (TPSA) is 84.5 Å². The molecule has 2 aromatic carbocycles. The first-order valence-corrected chi connectivity index (χ1v) is 9.92. The first kappa shape index (κ1) is 20.9. The summed E-state index contributed by atoms with van der Waals surface area (Å²) >= 11 is 6.11. The highest BCUT2D eigenvalue weighted by Gasteiger charge is 2.28. The van der Waals surface area contributed by atoms with Gasteiger partial charge in [-0.25, -0.2) is 0 Å². The summed E-state index contributed by atoms with van der Waals surface area (Å²) in [5.74, 6) is -1.27. The first-order chi connectivity index (χ1) is 13.9. The third-order valence-electron chi connectivity index (χ3n) is 4.60. The van der Waals surface area contributed by atoms with Crippen LogP contribution in [0.25, 0.3) is 0 Å². The van der Waals surface area contributed by atoms with E-state index in [1.165, 1.54) is 6.92 Å². The fraction of sp³-hybridized carbons (Fsp3) is 0.318. The molecule has 7 heteroatoms. The molecular formula is C22H23ClN2O4. The van der Waals surface area contributed by atoms with Crippen LogP contribution in [-0.2, 0) is 14.3 Å². The van der Waals surface area contributed by atoms with Crippen LogP contribution in [0.1, 0.15) is 48.1 Å². The average Bonchev–Trinajstić information content (AvgIpc) is 3.52. The monoisotopic (exact) mass is 414 g/mol. The van der Waals surface area contributed by atoms with Gasteiger partial charge in [-0.3, -0.25) is 14.4 Å². The first-order valence-electron chi connectivity index (χ1n) is 9.54. The maximum absolute atomic E-state index is 12.7. The smallest absolute Gasteiger partial charge is 0.309 e. The number of amides is 2. The molecule has 1 aliphatic rings. The van der Waals surface area contributed by atoms with E-state index in [-0.39, 0.29) is 18.4 Å². The Morgan fingerprint density at radius 1 is 1.07 bits per heavy atom. The van der Waals surface area contributed by atoms with E-state index in [0.29, 0.717) is 10.6 Å². The van der Waals surface area contributed by atoms with Crippen molar-refractivity contribution in [2.45, 2.75) is 44.4 Å². The van der Waals surface area contributed by atoms with Crippen LogP contribution in [0.4, 0.5) is 0 Å². The van der Waals surface area contributed by atoms with Gasteiger partial charge in [0.2, 0.25) is 0 Å². The predicted octanol–water partition coefficient (Wildman–Crippen LogP) is 3.41. The minimum Gasteiger partial charge on any atom is -0.452 e. The normalized spacial score (nSPS) is 15.1. The van der Waals surface area contributed by atoms with Crippen molar-refractivity contribution >= 4 is 29.4 Å². The number of carbonyl (C=O) groups is 3. The number of halogens is 1. The summed E-state index contributed by atoms with van der Waals surface area (Å²) < 4.78 is 5.28. The summed E-state index contributed by atoms with van der Waals surface area (Å²) in [6.45, 7) is 1.54. The number of nitrogens with one attached hydrogen (secondary N) is 2. The molecule has 152 valence electrons. The van der Waals surface area contributed by atoms with Crippen LogP contribution in [0, 0.1) is 0 Å². The zero-order valence-corrected chi connectivity index (χ0v) is 16.8. The Morgan fingerprint density at radius 2 is 1.72 bits per heavy atom. The number of ether oxygens (including phenoxy) is 1. The summed E-state index contributed by atoms with van der Waals surface area (Å²) in [5.41, 5.74) is 1.07. The molecule has 2 atom stereocenters. The van der Waals surface area contributed by atoms with E-state index in [2.05, 4.69) is 10.6 Å². The van der Waals surface area contributed by atoms with Gasteiger partial charge in [0.1, 0.15) is 0 Å². The van der Waals surface area contributed by atoms with E-state index in [4.69, 9.17) is 16.3 Å². The molecular weight excluding hydrogens is 392 g/mol. The van der Waals surface area contributed by atoms with Crippen molar-refractivity contribution < 1.29 is 19.1 Å². The second-order valence-corrected chi connectivity index (χ2v) is 7.44. The van der Waals surface area contributed by atoms with Crippen molar-refractivity contribution in [1.82, 2.24) is 10.6 Å². The minimum atomic E-state index is -0.890. The zero-order valence-electron chi connectivity index (χ0n) is 16.1. The molecule has 0 bridgehead atoms. The third-order valence-corrected chi connectivity index (χ3v) is 4.93. The van der Waals surface area contributed by atoms with Gasteiger partial charge in [0.15, 0.2) is 6.10 Å². The molecule has 1 aliphatic carbocycles. The number of benzene rings is 2. The maximum atomic E-state index is 12.7. The van der Waals surface area contributed by atoms with Gasteiger partial charge < -0.3 is 15.4 Å². The molecule has 29 heavy (non-hydrogen) atoms. The summed E-state index contributed by atoms with van der Waals surface area (Å²) in [4.78, 5) is 37.1. The van der Waals surface area contributed by atoms with Gasteiger partial charge in [0.25, 0.3) is 11.8 Å². The highest BCUT2D eigenvalue weighted by molar-refractivity contribution is 6.33. The van der Waals surface area contributed by atoms with Gasteiger partial charge in [-0.2, -0.15) is 0 Å². The van der Waals surface area contributed by atoms with Gasteiger partial charge in [0.05, 0.1) is 23.0 Å². The van der Waals surface area contributed by atoms with Gasteiger partial charge in [-0.15, -0.1) is 0 Å². The Balaban J connectivity index is 1.67. The Bertz CT molecular complexity index is 883. The van der Waals surface area contributed by atoms with E-state index < -0.39 is 24.0 Å². The van der Waals surface area contributed by atoms with Gasteiger partial charge in [0, 0.05) is 6.04 Å². The van der Waals surface area contributed by atoms with Crippen molar-refractivity contribution in [3.8, 4) is 0 Å². The Kier molecular flexibility index (Phi) is 6.88. The lowest BCUT2D eigenvalue weighted by Crippen LogP contribution is -2.38. The zero-order chi connectivity index (χ0) is 20.8. The van der Waals surface area contributed by atoms with Crippen molar-refractivity contribution in [3.05, 3.63) is 70.7 Å².